The second-order valence-corrected chi connectivity index (χ2v) is 6.82. The summed E-state index contributed by atoms with van der Waals surface area (Å²) in [6.07, 6.45) is 1.71. The van der Waals surface area contributed by atoms with Crippen molar-refractivity contribution in [3.05, 3.63) is 64.7 Å². The highest BCUT2D eigenvalue weighted by Gasteiger charge is 2.21. The number of aromatic nitrogens is 1. The van der Waals surface area contributed by atoms with Crippen molar-refractivity contribution in [2.45, 2.75) is 32.7 Å². The fraction of sp³-hybridized carbons (Fsp3) is 0.368. The van der Waals surface area contributed by atoms with Crippen molar-refractivity contribution in [2.75, 3.05) is 13.1 Å². The molecule has 7 heteroatoms. The lowest BCUT2D eigenvalue weighted by atomic mass is 9.84. The Kier molecular flexibility index (Phi) is 9.29. The number of aliphatic imine (C=N–C) groups is 1. The quantitative estimate of drug-likeness (QED) is 0.271. The molecule has 0 saturated carbocycles. The van der Waals surface area contributed by atoms with Crippen LogP contribution in [0.25, 0.3) is 0 Å². The number of nitrogens with zero attached hydrogens (tertiary/aromatic N) is 2. The fourth-order valence-electron chi connectivity index (χ4n) is 2.33. The lowest BCUT2D eigenvalue weighted by Crippen LogP contribution is -2.43. The lowest BCUT2D eigenvalue weighted by Gasteiger charge is -2.27. The number of rotatable bonds is 6. The maximum atomic E-state index is 13.5. The molecule has 0 unspecified atom stereocenters. The van der Waals surface area contributed by atoms with Gasteiger partial charge in [-0.1, -0.05) is 43.6 Å². The van der Waals surface area contributed by atoms with Gasteiger partial charge in [-0.3, -0.25) is 0 Å². The average molecular weight is 491 g/mol. The molecule has 1 aromatic carbocycles. The minimum absolute atomic E-state index is 0. The molecule has 0 radical (unpaired) electrons. The third kappa shape index (κ3) is 7.07. The van der Waals surface area contributed by atoms with Crippen LogP contribution in [-0.2, 0) is 12.0 Å². The first-order chi connectivity index (χ1) is 11.9. The van der Waals surface area contributed by atoms with Crippen molar-refractivity contribution in [1.29, 1.82) is 0 Å². The van der Waals surface area contributed by atoms with Crippen molar-refractivity contribution >= 4 is 41.5 Å². The van der Waals surface area contributed by atoms with Crippen LogP contribution in [0.3, 0.4) is 0 Å². The van der Waals surface area contributed by atoms with E-state index >= 15 is 0 Å². The molecule has 142 valence electrons. The zero-order chi connectivity index (χ0) is 18.3. The maximum absolute atomic E-state index is 13.5. The van der Waals surface area contributed by atoms with Gasteiger partial charge in [0.2, 0.25) is 0 Å². The van der Waals surface area contributed by atoms with Crippen LogP contribution in [-0.4, -0.2) is 24.0 Å². The molecule has 4 nitrogen and oxygen atoms in total. The lowest BCUT2D eigenvalue weighted by molar-refractivity contribution is 0.503. The van der Waals surface area contributed by atoms with E-state index in [0.29, 0.717) is 24.2 Å². The summed E-state index contributed by atoms with van der Waals surface area (Å²) in [7, 11) is 0. The van der Waals surface area contributed by atoms with Crippen LogP contribution in [0, 0.1) is 5.82 Å². The summed E-state index contributed by atoms with van der Waals surface area (Å²) in [5.41, 5.74) is 1.68. The van der Waals surface area contributed by atoms with Crippen molar-refractivity contribution in [3.8, 4) is 0 Å². The van der Waals surface area contributed by atoms with E-state index in [4.69, 9.17) is 11.6 Å². The summed E-state index contributed by atoms with van der Waals surface area (Å²) in [6, 6.07) is 10.4. The van der Waals surface area contributed by atoms with Gasteiger partial charge in [-0.2, -0.15) is 0 Å². The molecule has 2 N–H and O–H groups in total. The summed E-state index contributed by atoms with van der Waals surface area (Å²) in [6.45, 7) is 8.04. The molecule has 0 saturated heterocycles. The summed E-state index contributed by atoms with van der Waals surface area (Å²) < 4.78 is 13.5. The first-order valence-corrected chi connectivity index (χ1v) is 8.67. The first kappa shape index (κ1) is 22.6. The van der Waals surface area contributed by atoms with E-state index in [1.165, 1.54) is 6.07 Å². The van der Waals surface area contributed by atoms with E-state index in [1.807, 2.05) is 19.1 Å². The van der Waals surface area contributed by atoms with Gasteiger partial charge in [0, 0.05) is 24.7 Å². The highest BCUT2D eigenvalue weighted by Crippen LogP contribution is 2.22. The minimum Gasteiger partial charge on any atom is -0.357 e. The summed E-state index contributed by atoms with van der Waals surface area (Å²) in [5, 5.41) is 7.02. The minimum atomic E-state index is -0.236. The molecule has 26 heavy (non-hydrogen) atoms. The van der Waals surface area contributed by atoms with Crippen LogP contribution in [0.4, 0.5) is 4.39 Å². The summed E-state index contributed by atoms with van der Waals surface area (Å²) in [4.78, 5) is 8.62. The van der Waals surface area contributed by atoms with Gasteiger partial charge in [0.25, 0.3) is 0 Å². The average Bonchev–Trinajstić information content (AvgIpc) is 2.59. The Balaban J connectivity index is 0.00000338. The van der Waals surface area contributed by atoms with Gasteiger partial charge in [0.15, 0.2) is 5.96 Å². The van der Waals surface area contributed by atoms with Crippen molar-refractivity contribution < 1.29 is 4.39 Å². The van der Waals surface area contributed by atoms with E-state index in [-0.39, 0.29) is 35.2 Å². The molecule has 1 heterocycles. The largest absolute Gasteiger partial charge is 0.357 e. The van der Waals surface area contributed by atoms with Crippen LogP contribution >= 0.6 is 35.6 Å². The van der Waals surface area contributed by atoms with Gasteiger partial charge < -0.3 is 10.6 Å². The number of hydrogen-bond donors (Lipinski definition) is 2. The van der Waals surface area contributed by atoms with Gasteiger partial charge in [0.05, 0.1) is 6.54 Å². The third-order valence-electron chi connectivity index (χ3n) is 3.86. The highest BCUT2D eigenvalue weighted by atomic mass is 127. The van der Waals surface area contributed by atoms with Crippen LogP contribution in [0.15, 0.2) is 47.6 Å². The van der Waals surface area contributed by atoms with E-state index in [2.05, 4.69) is 34.5 Å². The number of hydrogen-bond acceptors (Lipinski definition) is 2. The predicted molar refractivity (Wildman–Crippen MR) is 117 cm³/mol. The van der Waals surface area contributed by atoms with Gasteiger partial charge in [-0.25, -0.2) is 14.4 Å². The van der Waals surface area contributed by atoms with E-state index in [9.17, 15) is 4.39 Å². The summed E-state index contributed by atoms with van der Waals surface area (Å²) >= 11 is 5.80. The van der Waals surface area contributed by atoms with Crippen LogP contribution in [0.1, 0.15) is 31.9 Å². The van der Waals surface area contributed by atoms with E-state index in [0.717, 1.165) is 17.7 Å². The fourth-order valence-corrected chi connectivity index (χ4v) is 2.44. The molecular formula is C19H25ClFIN4. The van der Waals surface area contributed by atoms with Crippen molar-refractivity contribution in [3.63, 3.8) is 0 Å². The maximum Gasteiger partial charge on any atom is 0.191 e. The van der Waals surface area contributed by atoms with Gasteiger partial charge >= 0.3 is 0 Å². The monoisotopic (exact) mass is 490 g/mol. The number of halogens is 3. The molecule has 0 atom stereocenters. The number of pyridine rings is 1. The van der Waals surface area contributed by atoms with Crippen LogP contribution < -0.4 is 10.6 Å². The molecule has 1 aromatic heterocycles. The predicted octanol–water partition coefficient (Wildman–Crippen LogP) is 4.53. The second-order valence-electron chi connectivity index (χ2n) is 6.43. The number of nitrogens with one attached hydrogen (secondary N) is 2. The number of benzene rings is 1. The molecule has 0 fully saturated rings. The Hall–Kier alpha value is -1.41. The smallest absolute Gasteiger partial charge is 0.191 e. The SMILES string of the molecule is CCNC(=NCc1ccc(Cl)nc1)NCC(C)(C)c1cccc(F)c1.I. The molecular weight excluding hydrogens is 466 g/mol. The van der Waals surface area contributed by atoms with E-state index < -0.39 is 0 Å². The van der Waals surface area contributed by atoms with Crippen LogP contribution in [0.5, 0.6) is 0 Å². The molecule has 2 rings (SSSR count). The Morgan fingerprint density at radius 1 is 1.23 bits per heavy atom. The van der Waals surface area contributed by atoms with Gasteiger partial charge in [-0.15, -0.1) is 24.0 Å². The van der Waals surface area contributed by atoms with Gasteiger partial charge in [-0.05, 0) is 36.2 Å². The highest BCUT2D eigenvalue weighted by molar-refractivity contribution is 14.0. The zero-order valence-corrected chi connectivity index (χ0v) is 18.3. The molecule has 0 bridgehead atoms. The molecule has 2 aromatic rings. The summed E-state index contributed by atoms with van der Waals surface area (Å²) in [5.74, 6) is 0.489. The van der Waals surface area contributed by atoms with Gasteiger partial charge in [0.1, 0.15) is 11.0 Å². The molecule has 0 aliphatic rings. The Morgan fingerprint density at radius 3 is 2.62 bits per heavy atom. The second kappa shape index (κ2) is 10.7. The first-order valence-electron chi connectivity index (χ1n) is 8.29. The van der Waals surface area contributed by atoms with E-state index in [1.54, 1.807) is 24.4 Å². The van der Waals surface area contributed by atoms with Crippen LogP contribution in [0.2, 0.25) is 5.15 Å². The van der Waals surface area contributed by atoms with Crippen molar-refractivity contribution in [2.24, 2.45) is 4.99 Å². The Morgan fingerprint density at radius 2 is 2.00 bits per heavy atom. The normalized spacial score (nSPS) is 11.7. The Labute approximate surface area is 176 Å². The molecule has 0 spiro atoms. The Bertz CT molecular complexity index is 720. The number of guanidine groups is 1. The zero-order valence-electron chi connectivity index (χ0n) is 15.2. The third-order valence-corrected chi connectivity index (χ3v) is 4.08. The topological polar surface area (TPSA) is 49.3 Å². The molecule has 0 aliphatic heterocycles. The standard InChI is InChI=1S/C19H24ClFN4.HI/c1-4-22-18(24-12-14-8-9-17(20)23-11-14)25-13-19(2,3)15-6-5-7-16(21)10-15;/h5-11H,4,12-13H2,1-3H3,(H2,22,24,25);1H. The molecule has 0 aliphatic carbocycles. The van der Waals surface area contributed by atoms with Crippen molar-refractivity contribution in [1.82, 2.24) is 15.6 Å². The molecule has 0 amide bonds.